The third-order valence-electron chi connectivity index (χ3n) is 5.83. The first kappa shape index (κ1) is 21.8. The number of halogens is 1. The lowest BCUT2D eigenvalue weighted by atomic mass is 9.99. The summed E-state index contributed by atoms with van der Waals surface area (Å²) in [6.45, 7) is 1.08. The lowest BCUT2D eigenvalue weighted by molar-refractivity contribution is -0.135. The molecule has 0 bridgehead atoms. The van der Waals surface area contributed by atoms with Crippen molar-refractivity contribution in [3.63, 3.8) is 0 Å². The number of fused-ring (bicyclic) bond motifs is 1. The zero-order valence-electron chi connectivity index (χ0n) is 18.1. The van der Waals surface area contributed by atoms with Gasteiger partial charge in [0.15, 0.2) is 5.54 Å². The van der Waals surface area contributed by atoms with Gasteiger partial charge in [-0.15, -0.1) is 11.3 Å². The summed E-state index contributed by atoms with van der Waals surface area (Å²) in [5.41, 5.74) is -0.155. The van der Waals surface area contributed by atoms with Crippen molar-refractivity contribution in [3.8, 4) is 0 Å². The third kappa shape index (κ3) is 3.84. The van der Waals surface area contributed by atoms with Crippen LogP contribution in [0.1, 0.15) is 29.2 Å². The maximum atomic E-state index is 13.4. The molecule has 0 radical (unpaired) electrons. The predicted octanol–water partition coefficient (Wildman–Crippen LogP) is 4.31. The fourth-order valence-corrected chi connectivity index (χ4v) is 4.82. The maximum Gasteiger partial charge on any atom is 0.325 e. The molecule has 2 N–H and O–H groups in total. The van der Waals surface area contributed by atoms with Crippen LogP contribution in [-0.4, -0.2) is 29.3 Å². The highest BCUT2D eigenvalue weighted by molar-refractivity contribution is 7.10. The maximum absolute atomic E-state index is 13.4. The second kappa shape index (κ2) is 8.42. The smallest absolute Gasteiger partial charge is 0.325 e. The zero-order valence-corrected chi connectivity index (χ0v) is 18.9. The van der Waals surface area contributed by atoms with E-state index in [1.165, 1.54) is 23.5 Å². The predicted molar refractivity (Wildman–Crippen MR) is 125 cm³/mol. The van der Waals surface area contributed by atoms with Crippen LogP contribution in [0.3, 0.4) is 0 Å². The van der Waals surface area contributed by atoms with Gasteiger partial charge in [0.1, 0.15) is 23.7 Å². The zero-order chi connectivity index (χ0) is 23.9. The van der Waals surface area contributed by atoms with Gasteiger partial charge in [-0.25, -0.2) is 9.18 Å². The Morgan fingerprint density at radius 1 is 1.15 bits per heavy atom. The molecule has 0 saturated carbocycles. The van der Waals surface area contributed by atoms with Gasteiger partial charge in [-0.1, -0.05) is 36.4 Å². The van der Waals surface area contributed by atoms with E-state index in [1.807, 2.05) is 35.7 Å². The van der Waals surface area contributed by atoms with Crippen LogP contribution >= 0.6 is 11.3 Å². The molecule has 1 saturated heterocycles. The summed E-state index contributed by atoms with van der Waals surface area (Å²) in [5.74, 6) is -1.21. The number of thiophene rings is 1. The summed E-state index contributed by atoms with van der Waals surface area (Å²) in [6.07, 6.45) is 0. The van der Waals surface area contributed by atoms with Crippen LogP contribution in [0.15, 0.2) is 76.5 Å². The standard InChI is InChI=1S/C25H20FN3O4S/c1-25(20-13-16-5-2-3-6-18(16)33-20)23(31)29(24(32)28-25)14-21(30)27-22(19-7-4-12-34-19)15-8-10-17(26)11-9-15/h2-13,22H,14H2,1H3,(H,27,30)(H,28,32)/t22-,25+/m1/s1. The molecular weight excluding hydrogens is 457 g/mol. The van der Waals surface area contributed by atoms with E-state index in [4.69, 9.17) is 4.42 Å². The number of benzene rings is 2. The summed E-state index contributed by atoms with van der Waals surface area (Å²) < 4.78 is 19.2. The average molecular weight is 478 g/mol. The van der Waals surface area contributed by atoms with Crippen LogP contribution < -0.4 is 10.6 Å². The number of hydrogen-bond acceptors (Lipinski definition) is 5. The largest absolute Gasteiger partial charge is 0.458 e. The van der Waals surface area contributed by atoms with Crippen LogP contribution in [0.2, 0.25) is 0 Å². The van der Waals surface area contributed by atoms with Crippen LogP contribution in [-0.2, 0) is 15.1 Å². The van der Waals surface area contributed by atoms with Gasteiger partial charge in [-0.05, 0) is 48.2 Å². The van der Waals surface area contributed by atoms with Crippen molar-refractivity contribution in [2.45, 2.75) is 18.5 Å². The lowest BCUT2D eigenvalue weighted by Gasteiger charge is -2.21. The van der Waals surface area contributed by atoms with Crippen molar-refractivity contribution in [1.29, 1.82) is 0 Å². The Labute approximate surface area is 198 Å². The molecule has 4 aromatic rings. The summed E-state index contributed by atoms with van der Waals surface area (Å²) in [4.78, 5) is 40.6. The number of nitrogens with one attached hydrogen (secondary N) is 2. The van der Waals surface area contributed by atoms with Gasteiger partial charge in [0.25, 0.3) is 5.91 Å². The minimum Gasteiger partial charge on any atom is -0.458 e. The fraction of sp³-hybridized carbons (Fsp3) is 0.160. The molecule has 3 heterocycles. The number of imide groups is 1. The molecule has 4 amide bonds. The monoisotopic (exact) mass is 477 g/mol. The van der Waals surface area contributed by atoms with E-state index in [-0.39, 0.29) is 11.6 Å². The minimum atomic E-state index is -1.43. The third-order valence-corrected chi connectivity index (χ3v) is 6.77. The van der Waals surface area contributed by atoms with E-state index >= 15 is 0 Å². The van der Waals surface area contributed by atoms with Gasteiger partial charge in [0.05, 0.1) is 6.04 Å². The van der Waals surface area contributed by atoms with E-state index in [0.717, 1.165) is 15.2 Å². The Kier molecular flexibility index (Phi) is 5.41. The van der Waals surface area contributed by atoms with Crippen LogP contribution in [0.25, 0.3) is 11.0 Å². The Morgan fingerprint density at radius 2 is 1.91 bits per heavy atom. The summed E-state index contributed by atoms with van der Waals surface area (Å²) in [6, 6.07) is 17.3. The van der Waals surface area contributed by atoms with Crippen molar-refractivity contribution in [2.24, 2.45) is 0 Å². The van der Waals surface area contributed by atoms with E-state index in [1.54, 1.807) is 31.2 Å². The number of carbonyl (C=O) groups is 3. The van der Waals surface area contributed by atoms with Crippen molar-refractivity contribution in [2.75, 3.05) is 6.54 Å². The molecule has 1 aliphatic rings. The molecule has 34 heavy (non-hydrogen) atoms. The minimum absolute atomic E-state index is 0.290. The highest BCUT2D eigenvalue weighted by Crippen LogP contribution is 2.33. The topological polar surface area (TPSA) is 91.7 Å². The molecule has 2 aromatic carbocycles. The molecule has 5 rings (SSSR count). The molecule has 0 aliphatic carbocycles. The SMILES string of the molecule is C[C@@]1(c2cc3ccccc3o2)NC(=O)N(CC(=O)N[C@H](c2ccc(F)cc2)c2cccs2)C1=O. The Hall–Kier alpha value is -3.98. The summed E-state index contributed by atoms with van der Waals surface area (Å²) >= 11 is 1.43. The van der Waals surface area contributed by atoms with Gasteiger partial charge < -0.3 is 15.1 Å². The molecule has 1 aliphatic heterocycles. The van der Waals surface area contributed by atoms with E-state index in [0.29, 0.717) is 11.1 Å². The Balaban J connectivity index is 1.36. The molecule has 0 spiro atoms. The fourth-order valence-electron chi connectivity index (χ4n) is 4.02. The molecule has 9 heteroatoms. The first-order valence-electron chi connectivity index (χ1n) is 10.6. The quantitative estimate of drug-likeness (QED) is 0.405. The number of furan rings is 1. The van der Waals surface area contributed by atoms with Crippen LogP contribution in [0.4, 0.5) is 9.18 Å². The van der Waals surface area contributed by atoms with Crippen molar-refractivity contribution in [3.05, 3.63) is 94.1 Å². The molecule has 172 valence electrons. The van der Waals surface area contributed by atoms with Gasteiger partial charge in [0, 0.05) is 10.3 Å². The first-order chi connectivity index (χ1) is 16.3. The highest BCUT2D eigenvalue weighted by atomic mass is 32.1. The van der Waals surface area contributed by atoms with E-state index < -0.39 is 36.0 Å². The molecule has 2 aromatic heterocycles. The number of para-hydroxylation sites is 1. The first-order valence-corrected chi connectivity index (χ1v) is 11.4. The van der Waals surface area contributed by atoms with Gasteiger partial charge in [-0.2, -0.15) is 0 Å². The van der Waals surface area contributed by atoms with E-state index in [9.17, 15) is 18.8 Å². The Morgan fingerprint density at radius 3 is 2.62 bits per heavy atom. The second-order valence-corrected chi connectivity index (χ2v) is 9.14. The molecule has 7 nitrogen and oxygen atoms in total. The van der Waals surface area contributed by atoms with E-state index in [2.05, 4.69) is 10.6 Å². The molecule has 0 unspecified atom stereocenters. The number of amides is 4. The number of nitrogens with zero attached hydrogens (tertiary/aromatic N) is 1. The van der Waals surface area contributed by atoms with Crippen LogP contribution in [0, 0.1) is 5.82 Å². The number of urea groups is 1. The average Bonchev–Trinajstić information content (AvgIpc) is 3.55. The summed E-state index contributed by atoms with van der Waals surface area (Å²) in [5, 5.41) is 8.19. The van der Waals surface area contributed by atoms with Gasteiger partial charge in [-0.3, -0.25) is 14.5 Å². The number of rotatable bonds is 6. The number of carbonyl (C=O) groups excluding carboxylic acids is 3. The van der Waals surface area contributed by atoms with Crippen LogP contribution in [0.5, 0.6) is 0 Å². The lowest BCUT2D eigenvalue weighted by Crippen LogP contribution is -2.43. The van der Waals surface area contributed by atoms with Crippen molar-refractivity contribution >= 4 is 40.2 Å². The highest BCUT2D eigenvalue weighted by Gasteiger charge is 2.51. The summed E-state index contributed by atoms with van der Waals surface area (Å²) in [7, 11) is 0. The Bertz CT molecular complexity index is 1350. The van der Waals surface area contributed by atoms with Crippen molar-refractivity contribution < 1.29 is 23.2 Å². The van der Waals surface area contributed by atoms with Gasteiger partial charge >= 0.3 is 6.03 Å². The molecule has 2 atom stereocenters. The van der Waals surface area contributed by atoms with Crippen molar-refractivity contribution in [1.82, 2.24) is 15.5 Å². The number of hydrogen-bond donors (Lipinski definition) is 2. The molecule has 1 fully saturated rings. The van der Waals surface area contributed by atoms with Gasteiger partial charge in [0.2, 0.25) is 5.91 Å². The normalized spacial score (nSPS) is 18.8. The molecular formula is C25H20FN3O4S. The second-order valence-electron chi connectivity index (χ2n) is 8.16.